The molecule has 0 aromatic heterocycles. The smallest absolute Gasteiger partial charge is 0.376 e. The Kier molecular flexibility index (Phi) is 4.37. The lowest BCUT2D eigenvalue weighted by molar-refractivity contribution is -0.170. The summed E-state index contributed by atoms with van der Waals surface area (Å²) in [4.78, 5) is 0. The van der Waals surface area contributed by atoms with Gasteiger partial charge in [0.05, 0.1) is 19.3 Å². The molecule has 0 radical (unpaired) electrons. The van der Waals surface area contributed by atoms with Gasteiger partial charge in [0, 0.05) is 0 Å². The van der Waals surface area contributed by atoms with Crippen molar-refractivity contribution >= 4 is 0 Å². The normalized spacial score (nSPS) is 13.5. The average Bonchev–Trinajstić information content (AvgIpc) is 1.95. The molecule has 0 fully saturated rings. The van der Waals surface area contributed by atoms with Crippen molar-refractivity contribution in [2.24, 2.45) is 5.92 Å². The third kappa shape index (κ3) is 3.98. The lowest BCUT2D eigenvalue weighted by Crippen LogP contribution is -2.26. The maximum absolute atomic E-state index is 11.8. The van der Waals surface area contributed by atoms with Gasteiger partial charge in [0.1, 0.15) is 0 Å². The maximum atomic E-state index is 11.8. The quantitative estimate of drug-likeness (QED) is 0.487. The molecule has 0 saturated carbocycles. The van der Waals surface area contributed by atoms with Gasteiger partial charge in [-0.05, 0) is 0 Å². The van der Waals surface area contributed by atoms with Gasteiger partial charge in [-0.2, -0.15) is 18.4 Å². The van der Waals surface area contributed by atoms with E-state index in [0.717, 1.165) is 6.07 Å². The van der Waals surface area contributed by atoms with Gasteiger partial charge in [0.25, 0.3) is 0 Å². The minimum Gasteiger partial charge on any atom is -0.376 e. The number of rotatable bonds is 4. The maximum Gasteiger partial charge on any atom is 0.406 e. The number of ether oxygens (including phenoxy) is 1. The van der Waals surface area contributed by atoms with Gasteiger partial charge < -0.3 is 4.74 Å². The molecule has 0 aliphatic heterocycles. The Morgan fingerprint density at radius 1 is 1.58 bits per heavy atom. The summed E-state index contributed by atoms with van der Waals surface area (Å²) in [7, 11) is 0. The fraction of sp³-hybridized carbons (Fsp3) is 0.571. The van der Waals surface area contributed by atoms with Gasteiger partial charge >= 0.3 is 6.18 Å². The highest BCUT2D eigenvalue weighted by atomic mass is 19.4. The average molecular weight is 179 g/mol. The third-order valence-electron chi connectivity index (χ3n) is 1.07. The van der Waals surface area contributed by atoms with Gasteiger partial charge in [-0.3, -0.25) is 0 Å². The predicted molar refractivity (Wildman–Crippen MR) is 36.2 cm³/mol. The van der Waals surface area contributed by atoms with Crippen LogP contribution in [0.5, 0.6) is 0 Å². The van der Waals surface area contributed by atoms with Crippen LogP contribution in [0.3, 0.4) is 0 Å². The van der Waals surface area contributed by atoms with Crippen LogP contribution in [0.15, 0.2) is 12.7 Å². The monoisotopic (exact) mass is 179 g/mol. The van der Waals surface area contributed by atoms with Crippen molar-refractivity contribution < 1.29 is 17.9 Å². The number of alkyl halides is 3. The van der Waals surface area contributed by atoms with E-state index in [2.05, 4.69) is 11.3 Å². The zero-order valence-corrected chi connectivity index (χ0v) is 6.27. The largest absolute Gasteiger partial charge is 0.406 e. The SMILES string of the molecule is C=CCOCC(C#N)C(F)(F)F. The molecule has 0 saturated heterocycles. The van der Waals surface area contributed by atoms with Crippen LogP contribution >= 0.6 is 0 Å². The van der Waals surface area contributed by atoms with Crippen molar-refractivity contribution in [3.8, 4) is 6.07 Å². The molecule has 68 valence electrons. The molecule has 5 heteroatoms. The van der Waals surface area contributed by atoms with E-state index in [1.807, 2.05) is 0 Å². The number of nitriles is 1. The summed E-state index contributed by atoms with van der Waals surface area (Å²) in [5, 5.41) is 8.09. The van der Waals surface area contributed by atoms with E-state index >= 15 is 0 Å². The van der Waals surface area contributed by atoms with E-state index in [4.69, 9.17) is 5.26 Å². The molecule has 1 atom stereocenters. The molecule has 2 nitrogen and oxygen atoms in total. The molecule has 0 aliphatic carbocycles. The minimum atomic E-state index is -4.50. The molecule has 0 amide bonds. The number of hydrogen-bond donors (Lipinski definition) is 0. The van der Waals surface area contributed by atoms with Crippen LogP contribution in [0.1, 0.15) is 0 Å². The van der Waals surface area contributed by atoms with Crippen LogP contribution < -0.4 is 0 Å². The van der Waals surface area contributed by atoms with Crippen LogP contribution in [-0.2, 0) is 4.74 Å². The molecule has 0 aromatic carbocycles. The first-order valence-electron chi connectivity index (χ1n) is 3.17. The van der Waals surface area contributed by atoms with Crippen LogP contribution in [0.2, 0.25) is 0 Å². The Morgan fingerprint density at radius 3 is 2.50 bits per heavy atom. The van der Waals surface area contributed by atoms with Crippen molar-refractivity contribution in [1.29, 1.82) is 5.26 Å². The first kappa shape index (κ1) is 11.0. The summed E-state index contributed by atoms with van der Waals surface area (Å²) in [6, 6.07) is 1.12. The second-order valence-electron chi connectivity index (χ2n) is 2.05. The van der Waals surface area contributed by atoms with Gasteiger partial charge in [-0.25, -0.2) is 0 Å². The number of hydrogen-bond acceptors (Lipinski definition) is 2. The topological polar surface area (TPSA) is 33.0 Å². The van der Waals surface area contributed by atoms with Crippen LogP contribution in [-0.4, -0.2) is 19.4 Å². The van der Waals surface area contributed by atoms with E-state index in [1.165, 1.54) is 6.08 Å². The first-order valence-corrected chi connectivity index (χ1v) is 3.17. The van der Waals surface area contributed by atoms with E-state index in [0.29, 0.717) is 0 Å². The zero-order chi connectivity index (χ0) is 9.61. The molecule has 12 heavy (non-hydrogen) atoms. The fourth-order valence-electron chi connectivity index (χ4n) is 0.474. The summed E-state index contributed by atoms with van der Waals surface area (Å²) >= 11 is 0. The van der Waals surface area contributed by atoms with Gasteiger partial charge in [-0.1, -0.05) is 6.08 Å². The van der Waals surface area contributed by atoms with Crippen LogP contribution in [0.4, 0.5) is 13.2 Å². The Hall–Kier alpha value is -1.02. The molecular weight excluding hydrogens is 171 g/mol. The number of nitrogens with zero attached hydrogens (tertiary/aromatic N) is 1. The highest BCUT2D eigenvalue weighted by Crippen LogP contribution is 2.25. The van der Waals surface area contributed by atoms with Gasteiger partial charge in [0.2, 0.25) is 0 Å². The first-order chi connectivity index (χ1) is 5.52. The summed E-state index contributed by atoms with van der Waals surface area (Å²) in [6.45, 7) is 2.65. The Bertz CT molecular complexity index is 182. The number of halogens is 3. The lowest BCUT2D eigenvalue weighted by atomic mass is 10.2. The van der Waals surface area contributed by atoms with Crippen LogP contribution in [0, 0.1) is 17.2 Å². The third-order valence-corrected chi connectivity index (χ3v) is 1.07. The van der Waals surface area contributed by atoms with E-state index < -0.39 is 18.7 Å². The van der Waals surface area contributed by atoms with Crippen molar-refractivity contribution in [3.63, 3.8) is 0 Å². The molecule has 0 spiro atoms. The molecule has 0 heterocycles. The van der Waals surface area contributed by atoms with Crippen molar-refractivity contribution in [1.82, 2.24) is 0 Å². The van der Waals surface area contributed by atoms with Gasteiger partial charge in [-0.15, -0.1) is 6.58 Å². The lowest BCUT2D eigenvalue weighted by Gasteiger charge is -2.12. The summed E-state index contributed by atoms with van der Waals surface area (Å²) in [6.07, 6.45) is -3.18. The molecule has 0 aliphatic rings. The Morgan fingerprint density at radius 2 is 2.17 bits per heavy atom. The zero-order valence-electron chi connectivity index (χ0n) is 6.27. The van der Waals surface area contributed by atoms with Crippen LogP contribution in [0.25, 0.3) is 0 Å². The minimum absolute atomic E-state index is 0.0221. The molecule has 1 unspecified atom stereocenters. The van der Waals surface area contributed by atoms with E-state index in [9.17, 15) is 13.2 Å². The highest BCUT2D eigenvalue weighted by Gasteiger charge is 2.39. The van der Waals surface area contributed by atoms with Crippen molar-refractivity contribution in [3.05, 3.63) is 12.7 Å². The summed E-state index contributed by atoms with van der Waals surface area (Å²) < 4.78 is 40.0. The molecular formula is C7H8F3NO. The summed E-state index contributed by atoms with van der Waals surface area (Å²) in [5.41, 5.74) is 0. The molecule has 0 N–H and O–H groups in total. The van der Waals surface area contributed by atoms with Crippen molar-refractivity contribution in [2.75, 3.05) is 13.2 Å². The Balaban J connectivity index is 3.86. The summed E-state index contributed by atoms with van der Waals surface area (Å²) in [5.74, 6) is -2.04. The predicted octanol–water partition coefficient (Wildman–Crippen LogP) is 1.89. The molecule has 0 bridgehead atoms. The van der Waals surface area contributed by atoms with E-state index in [1.54, 1.807) is 0 Å². The molecule has 0 rings (SSSR count). The fourth-order valence-corrected chi connectivity index (χ4v) is 0.474. The van der Waals surface area contributed by atoms with Crippen molar-refractivity contribution in [2.45, 2.75) is 6.18 Å². The standard InChI is InChI=1S/C7H8F3NO/c1-2-3-12-5-6(4-11)7(8,9)10/h2,6H,1,3,5H2. The second kappa shape index (κ2) is 4.78. The Labute approximate surface area is 68.2 Å². The molecule has 0 aromatic rings. The van der Waals surface area contributed by atoms with E-state index in [-0.39, 0.29) is 6.61 Å². The highest BCUT2D eigenvalue weighted by molar-refractivity contribution is 4.88. The van der Waals surface area contributed by atoms with Gasteiger partial charge in [0.15, 0.2) is 5.92 Å². The second-order valence-corrected chi connectivity index (χ2v) is 2.05.